The molecule has 2 aliphatic rings. The quantitative estimate of drug-likeness (QED) is 0.498. The highest BCUT2D eigenvalue weighted by Crippen LogP contribution is 2.51. The van der Waals surface area contributed by atoms with E-state index in [1.165, 1.54) is 12.1 Å². The second-order valence-corrected chi connectivity index (χ2v) is 8.68. The molecule has 3 aromatic carbocycles. The summed E-state index contributed by atoms with van der Waals surface area (Å²) in [5.41, 5.74) is 1.90. The van der Waals surface area contributed by atoms with Gasteiger partial charge in [0.1, 0.15) is 0 Å². The molecule has 4 nitrogen and oxygen atoms in total. The molecule has 0 spiro atoms. The van der Waals surface area contributed by atoms with E-state index < -0.39 is 17.2 Å². The third kappa shape index (κ3) is 3.81. The molecule has 1 heterocycles. The molecule has 0 atom stereocenters. The highest BCUT2D eigenvalue weighted by atomic mass is 19.4. The molecule has 1 aliphatic heterocycles. The summed E-state index contributed by atoms with van der Waals surface area (Å²) in [6, 6.07) is 14.7. The van der Waals surface area contributed by atoms with Crippen molar-refractivity contribution in [1.29, 1.82) is 0 Å². The minimum absolute atomic E-state index is 0.105. The minimum atomic E-state index is -4.48. The number of carbonyl (C=O) groups excluding carboxylic acids is 1. The summed E-state index contributed by atoms with van der Waals surface area (Å²) < 4.78 is 51.8. The molecule has 1 saturated carbocycles. The van der Waals surface area contributed by atoms with Crippen LogP contribution in [-0.4, -0.2) is 12.7 Å². The van der Waals surface area contributed by atoms with Gasteiger partial charge in [-0.05, 0) is 79.3 Å². The molecule has 0 aromatic heterocycles. The van der Waals surface area contributed by atoms with E-state index in [2.05, 4.69) is 5.32 Å². The lowest BCUT2D eigenvalue weighted by Crippen LogP contribution is -2.27. The van der Waals surface area contributed by atoms with E-state index in [4.69, 9.17) is 9.47 Å². The third-order valence-corrected chi connectivity index (χ3v) is 6.38. The Labute approximate surface area is 189 Å². The van der Waals surface area contributed by atoms with Crippen molar-refractivity contribution in [2.24, 2.45) is 0 Å². The van der Waals surface area contributed by atoms with Crippen molar-refractivity contribution in [2.75, 3.05) is 12.1 Å². The van der Waals surface area contributed by atoms with Gasteiger partial charge in [0.05, 0.1) is 11.0 Å². The molecule has 3 aromatic rings. The number of ether oxygens (including phenoxy) is 2. The first-order chi connectivity index (χ1) is 15.7. The lowest BCUT2D eigenvalue weighted by Gasteiger charge is -2.19. The van der Waals surface area contributed by atoms with Crippen molar-refractivity contribution in [3.05, 3.63) is 76.9 Å². The highest BCUT2D eigenvalue weighted by Gasteiger charge is 2.51. The summed E-state index contributed by atoms with van der Waals surface area (Å²) in [5, 5.41) is 2.93. The van der Waals surface area contributed by atoms with Crippen LogP contribution in [0.2, 0.25) is 0 Å². The predicted molar refractivity (Wildman–Crippen MR) is 118 cm³/mol. The van der Waals surface area contributed by atoms with Gasteiger partial charge >= 0.3 is 6.18 Å². The van der Waals surface area contributed by atoms with Gasteiger partial charge < -0.3 is 14.8 Å². The predicted octanol–water partition coefficient (Wildman–Crippen LogP) is 6.39. The van der Waals surface area contributed by atoms with Crippen LogP contribution in [0, 0.1) is 13.8 Å². The molecular formula is C26H22F3NO3. The van der Waals surface area contributed by atoms with Gasteiger partial charge in [0.15, 0.2) is 11.5 Å². The van der Waals surface area contributed by atoms with Gasteiger partial charge in [0.2, 0.25) is 12.7 Å². The standard InChI is InChI=1S/C26H22F3NO3/c1-15-3-7-21(26(27,28)29)20(11-15)19-13-18(6-4-16(19)2)30-24(31)25(9-10-25)17-5-8-22-23(12-17)33-14-32-22/h3-8,11-13H,9-10,14H2,1-2H3,(H,30,31). The van der Waals surface area contributed by atoms with E-state index in [1.807, 2.05) is 12.1 Å². The SMILES string of the molecule is Cc1ccc(C(F)(F)F)c(-c2cc(NC(=O)C3(c4ccc5c(c4)OCO5)CC3)ccc2C)c1. The van der Waals surface area contributed by atoms with Crippen LogP contribution in [0.25, 0.3) is 11.1 Å². The third-order valence-electron chi connectivity index (χ3n) is 6.38. The molecule has 0 saturated heterocycles. The van der Waals surface area contributed by atoms with E-state index in [9.17, 15) is 18.0 Å². The van der Waals surface area contributed by atoms with Gasteiger partial charge in [-0.2, -0.15) is 13.2 Å². The van der Waals surface area contributed by atoms with Crippen LogP contribution in [0.1, 0.15) is 35.1 Å². The van der Waals surface area contributed by atoms with E-state index in [0.717, 1.165) is 17.2 Å². The molecule has 0 unspecified atom stereocenters. The summed E-state index contributed by atoms with van der Waals surface area (Å²) in [7, 11) is 0. The number of benzene rings is 3. The molecule has 7 heteroatoms. The number of anilines is 1. The Bertz CT molecular complexity index is 1260. The summed E-state index contributed by atoms with van der Waals surface area (Å²) in [5.74, 6) is 1.08. The second kappa shape index (κ2) is 7.54. The summed E-state index contributed by atoms with van der Waals surface area (Å²) in [6.07, 6.45) is -3.10. The molecule has 1 aliphatic carbocycles. The largest absolute Gasteiger partial charge is 0.454 e. The number of hydrogen-bond acceptors (Lipinski definition) is 3. The number of hydrogen-bond donors (Lipinski definition) is 1. The lowest BCUT2D eigenvalue weighted by molar-refractivity contribution is -0.137. The molecule has 1 fully saturated rings. The maximum Gasteiger partial charge on any atom is 0.417 e. The highest BCUT2D eigenvalue weighted by molar-refractivity contribution is 6.02. The van der Waals surface area contributed by atoms with Crippen LogP contribution in [0.3, 0.4) is 0 Å². The van der Waals surface area contributed by atoms with Crippen molar-refractivity contribution in [1.82, 2.24) is 0 Å². The summed E-state index contributed by atoms with van der Waals surface area (Å²) >= 11 is 0. The van der Waals surface area contributed by atoms with Crippen molar-refractivity contribution < 1.29 is 27.4 Å². The molecule has 1 N–H and O–H groups in total. The zero-order valence-corrected chi connectivity index (χ0v) is 18.2. The molecule has 5 rings (SSSR count). The molecule has 33 heavy (non-hydrogen) atoms. The Morgan fingerprint density at radius 2 is 1.67 bits per heavy atom. The normalized spacial score (nSPS) is 15.9. The lowest BCUT2D eigenvalue weighted by atomic mass is 9.92. The average Bonchev–Trinajstić information content (AvgIpc) is 3.45. The molecule has 0 radical (unpaired) electrons. The van der Waals surface area contributed by atoms with Crippen molar-refractivity contribution in [2.45, 2.75) is 38.3 Å². The number of fused-ring (bicyclic) bond motifs is 1. The Morgan fingerprint density at radius 3 is 2.39 bits per heavy atom. The summed E-state index contributed by atoms with van der Waals surface area (Å²) in [4.78, 5) is 13.2. The zero-order valence-electron chi connectivity index (χ0n) is 18.2. The fourth-order valence-electron chi connectivity index (χ4n) is 4.33. The van der Waals surface area contributed by atoms with Crippen LogP contribution < -0.4 is 14.8 Å². The first-order valence-corrected chi connectivity index (χ1v) is 10.7. The minimum Gasteiger partial charge on any atom is -0.454 e. The molecular weight excluding hydrogens is 431 g/mol. The zero-order chi connectivity index (χ0) is 23.4. The number of rotatable bonds is 4. The fourth-order valence-corrected chi connectivity index (χ4v) is 4.33. The van der Waals surface area contributed by atoms with Gasteiger partial charge in [-0.25, -0.2) is 0 Å². The number of carbonyl (C=O) groups is 1. The van der Waals surface area contributed by atoms with Crippen molar-refractivity contribution in [3.8, 4) is 22.6 Å². The van der Waals surface area contributed by atoms with E-state index in [-0.39, 0.29) is 18.3 Å². The monoisotopic (exact) mass is 453 g/mol. The fraction of sp³-hybridized carbons (Fsp3) is 0.269. The van der Waals surface area contributed by atoms with Gasteiger partial charge in [0.25, 0.3) is 0 Å². The topological polar surface area (TPSA) is 47.6 Å². The van der Waals surface area contributed by atoms with Crippen LogP contribution in [-0.2, 0) is 16.4 Å². The van der Waals surface area contributed by atoms with E-state index in [0.29, 0.717) is 41.2 Å². The molecule has 0 bridgehead atoms. The smallest absolute Gasteiger partial charge is 0.417 e. The summed E-state index contributed by atoms with van der Waals surface area (Å²) in [6.45, 7) is 3.67. The molecule has 170 valence electrons. The van der Waals surface area contributed by atoms with Crippen LogP contribution in [0.5, 0.6) is 11.5 Å². The number of alkyl halides is 3. The average molecular weight is 453 g/mol. The van der Waals surface area contributed by atoms with Gasteiger partial charge in [-0.3, -0.25) is 4.79 Å². The maximum absolute atomic E-state index is 13.7. The van der Waals surface area contributed by atoms with Crippen LogP contribution >= 0.6 is 0 Å². The van der Waals surface area contributed by atoms with Crippen LogP contribution in [0.15, 0.2) is 54.6 Å². The number of amides is 1. The molecule has 1 amide bonds. The van der Waals surface area contributed by atoms with Gasteiger partial charge in [-0.1, -0.05) is 29.8 Å². The number of halogens is 3. The number of nitrogens with one attached hydrogen (secondary N) is 1. The van der Waals surface area contributed by atoms with Crippen LogP contribution in [0.4, 0.5) is 18.9 Å². The first-order valence-electron chi connectivity index (χ1n) is 10.7. The Hall–Kier alpha value is -3.48. The Balaban J connectivity index is 1.46. The van der Waals surface area contributed by atoms with E-state index >= 15 is 0 Å². The van der Waals surface area contributed by atoms with Crippen molar-refractivity contribution in [3.63, 3.8) is 0 Å². The first kappa shape index (κ1) is 21.4. The maximum atomic E-state index is 13.7. The van der Waals surface area contributed by atoms with Crippen molar-refractivity contribution >= 4 is 11.6 Å². The number of aryl methyl sites for hydroxylation is 2. The van der Waals surface area contributed by atoms with Gasteiger partial charge in [-0.15, -0.1) is 0 Å². The Morgan fingerprint density at radius 1 is 0.909 bits per heavy atom. The Kier molecular flexibility index (Phi) is 4.88. The van der Waals surface area contributed by atoms with Gasteiger partial charge in [0, 0.05) is 5.69 Å². The van der Waals surface area contributed by atoms with E-state index in [1.54, 1.807) is 38.1 Å². The second-order valence-electron chi connectivity index (χ2n) is 8.68.